The summed E-state index contributed by atoms with van der Waals surface area (Å²) in [4.78, 5) is 13.5. The Balaban J connectivity index is 1.91. The summed E-state index contributed by atoms with van der Waals surface area (Å²) < 4.78 is 46.7. The Morgan fingerprint density at radius 3 is 2.55 bits per heavy atom. The number of nitrogens with zero attached hydrogens (tertiary/aromatic N) is 1. The van der Waals surface area contributed by atoms with Gasteiger partial charge in [0, 0.05) is 0 Å². The molecule has 1 unspecified atom stereocenters. The molecule has 5 rings (SSSR count). The van der Waals surface area contributed by atoms with Gasteiger partial charge in [0.05, 0.1) is 34.1 Å². The van der Waals surface area contributed by atoms with Crippen molar-refractivity contribution >= 4 is 22.6 Å². The lowest BCUT2D eigenvalue weighted by molar-refractivity contribution is -0.137. The number of allylic oxidation sites excluding steroid dienone is 1. The summed E-state index contributed by atoms with van der Waals surface area (Å²) in [6, 6.07) is 19.3. The molecule has 3 nitrogen and oxygen atoms in total. The molecule has 0 N–H and O–H groups in total. The Morgan fingerprint density at radius 1 is 1.00 bits per heavy atom. The smallest absolute Gasteiger partial charge is 0.416 e. The van der Waals surface area contributed by atoms with E-state index in [1.54, 1.807) is 48.5 Å². The summed E-state index contributed by atoms with van der Waals surface area (Å²) in [5.41, 5.74) is 1.97. The second-order valence-electron chi connectivity index (χ2n) is 8.02. The maximum Gasteiger partial charge on any atom is 0.416 e. The Labute approximate surface area is 187 Å². The number of hydrogen-bond acceptors (Lipinski definition) is 3. The normalized spacial score (nSPS) is 15.2. The van der Waals surface area contributed by atoms with E-state index in [2.05, 4.69) is 6.07 Å². The number of hydrogen-bond donors (Lipinski definition) is 0. The van der Waals surface area contributed by atoms with Gasteiger partial charge in [0.25, 0.3) is 0 Å². The predicted molar refractivity (Wildman–Crippen MR) is 120 cm³/mol. The van der Waals surface area contributed by atoms with Crippen LogP contribution in [-0.4, -0.2) is 0 Å². The zero-order valence-corrected chi connectivity index (χ0v) is 17.4. The average Bonchev–Trinajstić information content (AvgIpc) is 2.94. The molecule has 3 aromatic carbocycles. The van der Waals surface area contributed by atoms with E-state index < -0.39 is 17.7 Å². The van der Waals surface area contributed by atoms with Crippen LogP contribution in [0.2, 0.25) is 0 Å². The van der Waals surface area contributed by atoms with E-state index in [4.69, 9.17) is 4.42 Å². The molecular weight excluding hydrogens is 427 g/mol. The molecule has 0 spiro atoms. The number of benzene rings is 3. The first-order valence-corrected chi connectivity index (χ1v) is 10.2. The molecule has 0 radical (unpaired) electrons. The van der Waals surface area contributed by atoms with Crippen LogP contribution in [-0.2, 0) is 6.18 Å². The Bertz CT molecular complexity index is 1550. The number of rotatable bonds is 1. The molecule has 33 heavy (non-hydrogen) atoms. The molecule has 1 aliphatic rings. The number of alkyl halides is 3. The monoisotopic (exact) mass is 443 g/mol. The maximum absolute atomic E-state index is 13.5. The van der Waals surface area contributed by atoms with Crippen molar-refractivity contribution in [3.8, 4) is 6.07 Å². The van der Waals surface area contributed by atoms with Crippen LogP contribution < -0.4 is 5.43 Å². The molecular formula is C27H16F3NO2. The van der Waals surface area contributed by atoms with Gasteiger partial charge in [-0.05, 0) is 47.9 Å². The van der Waals surface area contributed by atoms with Crippen LogP contribution in [0.25, 0.3) is 22.6 Å². The van der Waals surface area contributed by atoms with E-state index in [0.29, 0.717) is 27.7 Å². The van der Waals surface area contributed by atoms with Gasteiger partial charge in [0.1, 0.15) is 11.3 Å². The quantitative estimate of drug-likeness (QED) is 0.330. The van der Waals surface area contributed by atoms with E-state index in [0.717, 1.165) is 17.7 Å². The molecule has 1 aromatic heterocycles. The molecule has 0 fully saturated rings. The number of fused-ring (bicyclic) bond motifs is 3. The minimum atomic E-state index is -4.53. The molecule has 0 aliphatic heterocycles. The molecule has 1 atom stereocenters. The van der Waals surface area contributed by atoms with Gasteiger partial charge in [-0.2, -0.15) is 18.4 Å². The van der Waals surface area contributed by atoms with Gasteiger partial charge in [-0.1, -0.05) is 54.1 Å². The molecule has 6 heteroatoms. The lowest BCUT2D eigenvalue weighted by atomic mass is 9.84. The standard InChI is InChI=1S/C27H16F3NO2/c1-15-9-10-23-21(11-15)25(32)22-13-17(14-31)19-7-2-3-8-20(19)24(26(22)33-23)16-5-4-6-18(12-16)27(28,29)30/h2-13,24H,1H3. The van der Waals surface area contributed by atoms with E-state index in [9.17, 15) is 23.2 Å². The zero-order valence-electron chi connectivity index (χ0n) is 17.4. The first kappa shape index (κ1) is 20.8. The van der Waals surface area contributed by atoms with Crippen LogP contribution in [0.4, 0.5) is 13.2 Å². The van der Waals surface area contributed by atoms with Crippen molar-refractivity contribution in [2.24, 2.45) is 0 Å². The lowest BCUT2D eigenvalue weighted by Crippen LogP contribution is -2.14. The van der Waals surface area contributed by atoms with Crippen molar-refractivity contribution in [3.63, 3.8) is 0 Å². The largest absolute Gasteiger partial charge is 0.459 e. The first-order valence-electron chi connectivity index (χ1n) is 10.2. The van der Waals surface area contributed by atoms with Gasteiger partial charge >= 0.3 is 6.18 Å². The molecule has 0 saturated heterocycles. The van der Waals surface area contributed by atoms with Crippen LogP contribution in [0.1, 0.15) is 45.1 Å². The van der Waals surface area contributed by atoms with E-state index in [1.807, 2.05) is 6.92 Å². The maximum atomic E-state index is 13.5. The van der Waals surface area contributed by atoms with Gasteiger partial charge < -0.3 is 4.42 Å². The Hall–Kier alpha value is -4.11. The van der Waals surface area contributed by atoms with Crippen molar-refractivity contribution in [3.05, 3.63) is 116 Å². The number of halogens is 3. The van der Waals surface area contributed by atoms with E-state index >= 15 is 0 Å². The van der Waals surface area contributed by atoms with Crippen LogP contribution in [0.5, 0.6) is 0 Å². The van der Waals surface area contributed by atoms with Crippen molar-refractivity contribution in [2.45, 2.75) is 19.0 Å². The second-order valence-corrected chi connectivity index (χ2v) is 8.02. The van der Waals surface area contributed by atoms with Crippen LogP contribution in [0.15, 0.2) is 75.9 Å². The minimum absolute atomic E-state index is 0.170. The summed E-state index contributed by atoms with van der Waals surface area (Å²) >= 11 is 0. The first-order chi connectivity index (χ1) is 15.8. The summed E-state index contributed by atoms with van der Waals surface area (Å²) in [7, 11) is 0. The van der Waals surface area contributed by atoms with Crippen LogP contribution >= 0.6 is 0 Å². The lowest BCUT2D eigenvalue weighted by Gasteiger charge is -2.21. The molecule has 1 aliphatic carbocycles. The van der Waals surface area contributed by atoms with E-state index in [1.165, 1.54) is 12.1 Å². The van der Waals surface area contributed by atoms with Gasteiger partial charge in [-0.3, -0.25) is 4.79 Å². The molecule has 0 amide bonds. The molecule has 0 bridgehead atoms. The summed E-state index contributed by atoms with van der Waals surface area (Å²) in [6.07, 6.45) is -3.05. The summed E-state index contributed by atoms with van der Waals surface area (Å²) in [5.74, 6) is -0.590. The number of aryl methyl sites for hydroxylation is 1. The van der Waals surface area contributed by atoms with Gasteiger partial charge in [-0.15, -0.1) is 0 Å². The Morgan fingerprint density at radius 2 is 1.79 bits per heavy atom. The fourth-order valence-corrected chi connectivity index (χ4v) is 4.37. The predicted octanol–water partition coefficient (Wildman–Crippen LogP) is 6.68. The highest BCUT2D eigenvalue weighted by Gasteiger charge is 2.34. The highest BCUT2D eigenvalue weighted by Crippen LogP contribution is 2.43. The van der Waals surface area contributed by atoms with Crippen molar-refractivity contribution < 1.29 is 17.6 Å². The third-order valence-electron chi connectivity index (χ3n) is 5.89. The average molecular weight is 443 g/mol. The van der Waals surface area contributed by atoms with Gasteiger partial charge in [0.2, 0.25) is 0 Å². The molecule has 1 heterocycles. The zero-order chi connectivity index (χ0) is 23.3. The fraction of sp³-hybridized carbons (Fsp3) is 0.111. The van der Waals surface area contributed by atoms with Crippen LogP contribution in [0.3, 0.4) is 0 Å². The molecule has 0 saturated carbocycles. The third kappa shape index (κ3) is 3.42. The second kappa shape index (κ2) is 7.49. The minimum Gasteiger partial charge on any atom is -0.459 e. The van der Waals surface area contributed by atoms with Gasteiger partial charge in [-0.25, -0.2) is 0 Å². The summed E-state index contributed by atoms with van der Waals surface area (Å²) in [6.45, 7) is 1.85. The molecule has 4 aromatic rings. The van der Waals surface area contributed by atoms with E-state index in [-0.39, 0.29) is 22.3 Å². The fourth-order valence-electron chi connectivity index (χ4n) is 4.37. The highest BCUT2D eigenvalue weighted by molar-refractivity contribution is 5.94. The van der Waals surface area contributed by atoms with Gasteiger partial charge in [0.15, 0.2) is 5.43 Å². The van der Waals surface area contributed by atoms with Crippen molar-refractivity contribution in [2.75, 3.05) is 0 Å². The Kier molecular flexibility index (Phi) is 4.71. The molecule has 162 valence electrons. The topological polar surface area (TPSA) is 54.0 Å². The van der Waals surface area contributed by atoms with Crippen molar-refractivity contribution in [1.82, 2.24) is 0 Å². The summed E-state index contributed by atoms with van der Waals surface area (Å²) in [5, 5.41) is 10.2. The number of nitriles is 1. The third-order valence-corrected chi connectivity index (χ3v) is 5.89. The van der Waals surface area contributed by atoms with Crippen LogP contribution in [0, 0.1) is 18.3 Å². The SMILES string of the molecule is Cc1ccc2oc3c(c(=O)c2c1)C=C(C#N)c1ccccc1C3c1cccc(C(F)(F)F)c1. The highest BCUT2D eigenvalue weighted by atomic mass is 19.4. The van der Waals surface area contributed by atoms with Crippen molar-refractivity contribution in [1.29, 1.82) is 5.26 Å².